The summed E-state index contributed by atoms with van der Waals surface area (Å²) in [4.78, 5) is 42.3. The van der Waals surface area contributed by atoms with Crippen molar-refractivity contribution in [1.29, 1.82) is 0 Å². The van der Waals surface area contributed by atoms with Crippen LogP contribution in [0.5, 0.6) is 0 Å². The maximum absolute atomic E-state index is 13.9. The highest BCUT2D eigenvalue weighted by atomic mass is 35.5. The number of anilines is 7. The summed E-state index contributed by atoms with van der Waals surface area (Å²) in [5.74, 6) is 1.57. The summed E-state index contributed by atoms with van der Waals surface area (Å²) >= 11 is 4.35. The number of carboxylic acid groups (broad SMARTS) is 1. The molecule has 12 rings (SSSR count). The van der Waals surface area contributed by atoms with Gasteiger partial charge in [0, 0.05) is 87.1 Å². The molecule has 6 saturated heterocycles. The summed E-state index contributed by atoms with van der Waals surface area (Å²) in [6.45, 7) is 12.1. The van der Waals surface area contributed by atoms with Gasteiger partial charge in [-0.3, -0.25) is 13.7 Å². The monoisotopic (exact) mass is 1160 g/mol. The largest absolute Gasteiger partial charge is 0.773 e. The Labute approximate surface area is 472 Å². The fourth-order valence-corrected chi connectivity index (χ4v) is 10.5. The normalized spacial score (nSPS) is 19.5. The fourth-order valence-electron chi connectivity index (χ4n) is 9.69. The average molecular weight is 1160 g/mol. The quantitative estimate of drug-likeness (QED) is 0.0607. The van der Waals surface area contributed by atoms with E-state index >= 15 is 0 Å². The highest BCUT2D eigenvalue weighted by Crippen LogP contribution is 2.36. The van der Waals surface area contributed by atoms with Gasteiger partial charge >= 0.3 is 5.97 Å². The second kappa shape index (κ2) is 27.7. The highest BCUT2D eigenvalue weighted by molar-refractivity contribution is 7.92. The van der Waals surface area contributed by atoms with Gasteiger partial charge in [0.2, 0.25) is 10.0 Å². The number of nitrogens with two attached hydrogens (primary N) is 3. The molecule has 10 N–H and O–H groups in total. The van der Waals surface area contributed by atoms with Gasteiger partial charge in [-0.2, -0.15) is 19.2 Å². The summed E-state index contributed by atoms with van der Waals surface area (Å²) in [5, 5.41) is 25.5. The van der Waals surface area contributed by atoms with Crippen LogP contribution < -0.4 is 47.3 Å². The van der Waals surface area contributed by atoms with Crippen molar-refractivity contribution in [1.82, 2.24) is 44.7 Å². The van der Waals surface area contributed by atoms with Crippen LogP contribution in [0.15, 0.2) is 60.7 Å². The number of ether oxygens (including phenoxy) is 2. The van der Waals surface area contributed by atoms with Gasteiger partial charge in [-0.25, -0.2) is 23.2 Å². The molecule has 28 heteroatoms. The molecule has 2 aromatic carbocycles. The Morgan fingerprint density at radius 3 is 1.84 bits per heavy atom. The Hall–Kier alpha value is -6.59. The zero-order valence-electron chi connectivity index (χ0n) is 45.1. The first kappa shape index (κ1) is 59.5. The summed E-state index contributed by atoms with van der Waals surface area (Å²) in [6.07, 6.45) is 10.9. The molecule has 6 aliphatic heterocycles. The SMILES string of the molecule is C1CNC1.CS(=O)(=O)Nc1ccc(N)cc1C(=O)N1CCCC[C@H]1c1cc2nc(N3CCC3)cc(N3CCOCC3)n2n1.CS(=O)[O-].Clc1cc(N2CCOCC2)n2nc([C@@H]3CCCCN3)cc2n1.Nc1ccc(N)c(C(=O)O)c1. The lowest BCUT2D eigenvalue weighted by atomic mass is 9.97. The Morgan fingerprint density at radius 2 is 1.29 bits per heavy atom. The summed E-state index contributed by atoms with van der Waals surface area (Å²) in [7, 11) is -3.59. The molecule has 3 atom stereocenters. The second-order valence-corrected chi connectivity index (χ2v) is 22.9. The van der Waals surface area contributed by atoms with Gasteiger partial charge in [-0.1, -0.05) is 29.1 Å². The van der Waals surface area contributed by atoms with Crippen LogP contribution in [0.1, 0.15) is 95.6 Å². The number of likely N-dealkylation sites (tertiary alicyclic amines) is 1. The van der Waals surface area contributed by atoms with Crippen molar-refractivity contribution >= 4 is 96.1 Å². The van der Waals surface area contributed by atoms with Crippen molar-refractivity contribution in [3.8, 4) is 0 Å². The number of carbonyl (C=O) groups is 2. The van der Waals surface area contributed by atoms with Crippen LogP contribution in [0.2, 0.25) is 5.15 Å². The third-order valence-corrected chi connectivity index (χ3v) is 14.8. The number of nitrogens with one attached hydrogen (secondary N) is 3. The first-order valence-electron chi connectivity index (χ1n) is 26.8. The van der Waals surface area contributed by atoms with Crippen LogP contribution in [-0.2, 0) is 30.6 Å². The maximum atomic E-state index is 13.9. The zero-order valence-corrected chi connectivity index (χ0v) is 47.5. The minimum absolute atomic E-state index is 0.0463. The van der Waals surface area contributed by atoms with E-state index in [2.05, 4.69) is 47.2 Å². The lowest BCUT2D eigenvalue weighted by Crippen LogP contribution is -2.40. The van der Waals surface area contributed by atoms with Gasteiger partial charge in [-0.05, 0) is 107 Å². The second-order valence-electron chi connectivity index (χ2n) is 20.0. The minimum atomic E-state index is -3.59. The van der Waals surface area contributed by atoms with Gasteiger partial charge in [0.15, 0.2) is 11.3 Å². The van der Waals surface area contributed by atoms with E-state index in [1.165, 1.54) is 56.6 Å². The molecule has 0 spiro atoms. The number of hydrogen-bond donors (Lipinski definition) is 7. The van der Waals surface area contributed by atoms with Gasteiger partial charge < -0.3 is 66.6 Å². The number of carbonyl (C=O) groups excluding carboxylic acids is 1. The number of sulfonamides is 1. The predicted molar refractivity (Wildman–Crippen MR) is 310 cm³/mol. The molecular formula is C52H72ClN16O9S2-. The van der Waals surface area contributed by atoms with Crippen LogP contribution in [0, 0.1) is 0 Å². The molecular weight excluding hydrogens is 1090 g/mol. The van der Waals surface area contributed by atoms with E-state index in [0.29, 0.717) is 42.3 Å². The number of benzene rings is 2. The van der Waals surface area contributed by atoms with Gasteiger partial charge in [0.05, 0.1) is 73.0 Å². The van der Waals surface area contributed by atoms with E-state index < -0.39 is 27.1 Å². The summed E-state index contributed by atoms with van der Waals surface area (Å²) < 4.78 is 59.3. The van der Waals surface area contributed by atoms with E-state index in [4.69, 9.17) is 67.3 Å². The van der Waals surface area contributed by atoms with E-state index in [0.717, 1.165) is 144 Å². The van der Waals surface area contributed by atoms with Crippen molar-refractivity contribution in [2.45, 2.75) is 63.5 Å². The summed E-state index contributed by atoms with van der Waals surface area (Å²) in [5.41, 5.74) is 21.6. The van der Waals surface area contributed by atoms with Gasteiger partial charge in [0.25, 0.3) is 5.91 Å². The smallest absolute Gasteiger partial charge is 0.337 e. The molecule has 0 radical (unpaired) electrons. The van der Waals surface area contributed by atoms with Crippen LogP contribution >= 0.6 is 11.6 Å². The minimum Gasteiger partial charge on any atom is -0.773 e. The summed E-state index contributed by atoms with van der Waals surface area (Å²) in [6, 6.07) is 17.1. The number of nitrogen functional groups attached to an aromatic ring is 3. The van der Waals surface area contributed by atoms with Crippen LogP contribution in [0.25, 0.3) is 11.3 Å². The third kappa shape index (κ3) is 15.9. The predicted octanol–water partition coefficient (Wildman–Crippen LogP) is 4.16. The fraction of sp³-hybridized carbons (Fsp3) is 0.500. The van der Waals surface area contributed by atoms with Gasteiger partial charge in [-0.15, -0.1) is 0 Å². The third-order valence-electron chi connectivity index (χ3n) is 14.0. The Kier molecular flexibility index (Phi) is 20.6. The number of morpholine rings is 2. The van der Waals surface area contributed by atoms with Crippen molar-refractivity contribution in [3.05, 3.63) is 88.3 Å². The van der Waals surface area contributed by atoms with E-state index in [-0.39, 0.29) is 34.5 Å². The Balaban J connectivity index is 0.000000170. The molecule has 0 saturated carbocycles. The van der Waals surface area contributed by atoms with Crippen LogP contribution in [-0.4, -0.2) is 173 Å². The number of amides is 1. The van der Waals surface area contributed by atoms with Crippen LogP contribution in [0.3, 0.4) is 0 Å². The van der Waals surface area contributed by atoms with Crippen molar-refractivity contribution in [2.24, 2.45) is 0 Å². The number of rotatable bonds is 9. The van der Waals surface area contributed by atoms with Crippen molar-refractivity contribution in [2.75, 3.05) is 141 Å². The Bertz CT molecular complexity index is 3210. The lowest BCUT2D eigenvalue weighted by Gasteiger charge is -2.35. The topological polar surface area (TPSA) is 335 Å². The molecule has 0 aliphatic carbocycles. The standard InChI is InChI=1S/C26H34N8O4S.C15H20ClN5O.C7H8N2O2.C3H7N.CH4O2S/c1-39(36,37)30-20-7-6-18(27)15-19(20)26(35)33-10-3-2-5-22(33)21-16-24-28-23(31-8-4-9-31)17-25(34(24)29-21)32-11-13-38-14-12-32;16-13-10-15(20-5-7-22-8-6-20)21-14(18-13)9-12(19-21)11-3-1-2-4-17-11;8-4-1-2-6(9)5(3-4)7(10)11;1-2-4-3-1;1-4(2)3/h6-7,15-17,22,30H,2-5,8-14,27H2,1H3;9-11,17H,1-8H2;1-3H,8-9H2,(H,10,11);4H,1-3H2;1H3,(H,2,3)/p-1/t22-;11-;;;/m00.../s1. The molecule has 1 amide bonds. The molecule has 10 heterocycles. The first-order chi connectivity index (χ1) is 38.4. The number of aromatic nitrogens is 6. The van der Waals surface area contributed by atoms with Gasteiger partial charge in [0.1, 0.15) is 22.6 Å². The number of carboxylic acids is 1. The maximum Gasteiger partial charge on any atom is 0.337 e. The van der Waals surface area contributed by atoms with Crippen molar-refractivity contribution < 1.29 is 41.3 Å². The Morgan fingerprint density at radius 1 is 0.725 bits per heavy atom. The zero-order chi connectivity index (χ0) is 56.9. The molecule has 434 valence electrons. The molecule has 1 unspecified atom stereocenters. The number of nitrogens with zero attached hydrogens (tertiary/aromatic N) is 10. The number of fused-ring (bicyclic) bond motifs is 2. The van der Waals surface area contributed by atoms with Crippen molar-refractivity contribution in [3.63, 3.8) is 0 Å². The first-order valence-corrected chi connectivity index (χ1v) is 30.6. The molecule has 80 heavy (non-hydrogen) atoms. The molecule has 0 bridgehead atoms. The highest BCUT2D eigenvalue weighted by Gasteiger charge is 2.33. The molecule has 6 fully saturated rings. The van der Waals surface area contributed by atoms with E-state index in [1.54, 1.807) is 17.0 Å². The number of halogens is 1. The molecule has 4 aromatic heterocycles. The molecule has 6 aliphatic rings. The lowest BCUT2D eigenvalue weighted by molar-refractivity contribution is 0.0606. The number of piperidine rings is 2. The number of hydrogen-bond acceptors (Lipinski definition) is 20. The van der Waals surface area contributed by atoms with Crippen LogP contribution in [0.4, 0.5) is 40.2 Å². The van der Waals surface area contributed by atoms with E-state index in [9.17, 15) is 18.0 Å². The molecule has 6 aromatic rings. The average Bonchev–Trinajstić information content (AvgIpc) is 4.04. The molecule has 25 nitrogen and oxygen atoms in total. The number of aromatic carboxylic acids is 1. The van der Waals surface area contributed by atoms with E-state index in [1.807, 2.05) is 21.2 Å².